The van der Waals surface area contributed by atoms with Gasteiger partial charge in [0.2, 0.25) is 0 Å². The lowest BCUT2D eigenvalue weighted by atomic mass is 9.66. The van der Waals surface area contributed by atoms with Crippen LogP contribution in [-0.2, 0) is 5.41 Å². The first kappa shape index (κ1) is 13.0. The summed E-state index contributed by atoms with van der Waals surface area (Å²) in [7, 11) is 0. The van der Waals surface area contributed by atoms with Crippen LogP contribution in [-0.4, -0.2) is 0 Å². The molecule has 4 aromatic rings. The Kier molecular flexibility index (Phi) is 2.37. The van der Waals surface area contributed by atoms with Crippen LogP contribution in [0.1, 0.15) is 22.3 Å². The van der Waals surface area contributed by atoms with Crippen molar-refractivity contribution in [3.63, 3.8) is 0 Å². The highest BCUT2D eigenvalue weighted by Crippen LogP contribution is 2.63. The molecule has 0 fully saturated rings. The van der Waals surface area contributed by atoms with Gasteiger partial charge in [0.25, 0.3) is 0 Å². The van der Waals surface area contributed by atoms with Gasteiger partial charge in [0.05, 0.1) is 5.41 Å². The highest BCUT2D eigenvalue weighted by molar-refractivity contribution is 7.21. The first-order chi connectivity index (χ1) is 11.9. The summed E-state index contributed by atoms with van der Waals surface area (Å²) in [6.45, 7) is 0. The number of thiophene rings is 2. The van der Waals surface area contributed by atoms with E-state index in [1.165, 1.54) is 43.4 Å². The van der Waals surface area contributed by atoms with Gasteiger partial charge in [-0.05, 0) is 57.3 Å². The summed E-state index contributed by atoms with van der Waals surface area (Å²) in [6.07, 6.45) is 0. The highest BCUT2D eigenvalue weighted by Gasteiger charge is 2.51. The number of nitrogens with one attached hydrogen (secondary N) is 1. The molecule has 0 saturated carbocycles. The van der Waals surface area contributed by atoms with E-state index in [9.17, 15) is 0 Å². The van der Waals surface area contributed by atoms with Crippen molar-refractivity contribution in [2.75, 3.05) is 5.32 Å². The molecule has 1 spiro atoms. The Balaban J connectivity index is 1.86. The van der Waals surface area contributed by atoms with Crippen molar-refractivity contribution >= 4 is 34.0 Å². The number of benzene rings is 2. The quantitative estimate of drug-likeness (QED) is 0.345. The number of para-hydroxylation sites is 2. The van der Waals surface area contributed by atoms with Gasteiger partial charge < -0.3 is 5.32 Å². The lowest BCUT2D eigenvalue weighted by Gasteiger charge is -2.39. The fourth-order valence-corrected chi connectivity index (χ4v) is 6.51. The van der Waals surface area contributed by atoms with Crippen LogP contribution in [0.25, 0.3) is 9.75 Å². The first-order valence-electron chi connectivity index (χ1n) is 8.03. The van der Waals surface area contributed by atoms with Gasteiger partial charge in [-0.1, -0.05) is 36.4 Å². The summed E-state index contributed by atoms with van der Waals surface area (Å²) in [5.74, 6) is 0. The van der Waals surface area contributed by atoms with E-state index >= 15 is 0 Å². The molecule has 1 nitrogen and oxygen atoms in total. The lowest BCUT2D eigenvalue weighted by Crippen LogP contribution is -2.32. The molecule has 3 heterocycles. The molecule has 1 aliphatic heterocycles. The van der Waals surface area contributed by atoms with Crippen molar-refractivity contribution in [3.8, 4) is 9.75 Å². The maximum Gasteiger partial charge on any atom is 0.0770 e. The number of fused-ring (bicyclic) bond motifs is 9. The van der Waals surface area contributed by atoms with Gasteiger partial charge in [-0.3, -0.25) is 0 Å². The summed E-state index contributed by atoms with van der Waals surface area (Å²) in [4.78, 5) is 2.87. The molecule has 1 N–H and O–H groups in total. The monoisotopic (exact) mass is 343 g/mol. The van der Waals surface area contributed by atoms with Crippen molar-refractivity contribution in [3.05, 3.63) is 93.7 Å². The van der Waals surface area contributed by atoms with Crippen LogP contribution in [0, 0.1) is 0 Å². The molecule has 24 heavy (non-hydrogen) atoms. The maximum absolute atomic E-state index is 3.64. The Bertz CT molecular complexity index is 1010. The summed E-state index contributed by atoms with van der Waals surface area (Å²) < 4.78 is 0. The third-order valence-electron chi connectivity index (χ3n) is 5.28. The van der Waals surface area contributed by atoms with Crippen LogP contribution in [0.5, 0.6) is 0 Å². The zero-order valence-electron chi connectivity index (χ0n) is 12.7. The third-order valence-corrected chi connectivity index (χ3v) is 7.27. The molecule has 0 radical (unpaired) electrons. The van der Waals surface area contributed by atoms with Crippen LogP contribution < -0.4 is 5.32 Å². The van der Waals surface area contributed by atoms with Crippen molar-refractivity contribution in [2.45, 2.75) is 5.41 Å². The van der Waals surface area contributed by atoms with Crippen molar-refractivity contribution in [2.24, 2.45) is 0 Å². The molecule has 0 atom stereocenters. The molecular weight excluding hydrogens is 330 g/mol. The predicted octanol–water partition coefficient (Wildman–Crippen LogP) is 6.23. The van der Waals surface area contributed by atoms with Crippen LogP contribution in [0.2, 0.25) is 0 Å². The van der Waals surface area contributed by atoms with Gasteiger partial charge in [-0.25, -0.2) is 0 Å². The second kappa shape index (κ2) is 4.38. The third kappa shape index (κ3) is 1.33. The lowest BCUT2D eigenvalue weighted by molar-refractivity contribution is 0.767. The SMILES string of the molecule is c1ccc2c(c1)Nc1ccccc1C21c2ccsc2-c2sccc21. The average Bonchev–Trinajstić information content (AvgIpc) is 3.31. The Morgan fingerprint density at radius 3 is 1.62 bits per heavy atom. The van der Waals surface area contributed by atoms with E-state index in [0.29, 0.717) is 0 Å². The number of rotatable bonds is 0. The fourth-order valence-electron chi connectivity index (χ4n) is 4.41. The van der Waals surface area contributed by atoms with Gasteiger partial charge in [0.1, 0.15) is 0 Å². The van der Waals surface area contributed by atoms with Gasteiger partial charge >= 0.3 is 0 Å². The molecule has 2 aliphatic rings. The molecule has 6 rings (SSSR count). The zero-order chi connectivity index (χ0) is 15.7. The van der Waals surface area contributed by atoms with E-state index in [1.54, 1.807) is 0 Å². The topological polar surface area (TPSA) is 12.0 Å². The van der Waals surface area contributed by atoms with Crippen molar-refractivity contribution in [1.29, 1.82) is 0 Å². The Morgan fingerprint density at radius 1 is 0.583 bits per heavy atom. The summed E-state index contributed by atoms with van der Waals surface area (Å²) in [5, 5.41) is 8.12. The van der Waals surface area contributed by atoms with Crippen molar-refractivity contribution < 1.29 is 0 Å². The minimum absolute atomic E-state index is 0.177. The van der Waals surface area contributed by atoms with E-state index < -0.39 is 0 Å². The van der Waals surface area contributed by atoms with Crippen LogP contribution in [0.4, 0.5) is 11.4 Å². The molecule has 0 unspecified atom stereocenters. The smallest absolute Gasteiger partial charge is 0.0770 e. The largest absolute Gasteiger partial charge is 0.355 e. The normalized spacial score (nSPS) is 15.3. The molecule has 114 valence electrons. The second-order valence-electron chi connectivity index (χ2n) is 6.29. The molecule has 0 amide bonds. The predicted molar refractivity (Wildman–Crippen MR) is 103 cm³/mol. The van der Waals surface area contributed by atoms with Crippen LogP contribution >= 0.6 is 22.7 Å². The summed E-state index contributed by atoms with van der Waals surface area (Å²) >= 11 is 3.73. The van der Waals surface area contributed by atoms with E-state index in [-0.39, 0.29) is 5.41 Å². The first-order valence-corrected chi connectivity index (χ1v) is 9.79. The Morgan fingerprint density at radius 2 is 1.08 bits per heavy atom. The van der Waals surface area contributed by atoms with Crippen molar-refractivity contribution in [1.82, 2.24) is 0 Å². The molecule has 0 bridgehead atoms. The standard InChI is InChI=1S/C21H13NS2/c1-3-7-17-13(5-1)21(14-6-2-4-8-18(14)22-17)15-9-11-23-19(15)20-16(21)10-12-24-20/h1-12,22H. The van der Waals surface area contributed by atoms with Gasteiger partial charge in [0, 0.05) is 21.1 Å². The van der Waals surface area contributed by atoms with Gasteiger partial charge in [-0.2, -0.15) is 0 Å². The van der Waals surface area contributed by atoms with Crippen LogP contribution in [0.3, 0.4) is 0 Å². The fraction of sp³-hybridized carbons (Fsp3) is 0.0476. The van der Waals surface area contributed by atoms with E-state index in [4.69, 9.17) is 0 Å². The van der Waals surface area contributed by atoms with Gasteiger partial charge in [0.15, 0.2) is 0 Å². The number of anilines is 2. The molecule has 2 aromatic carbocycles. The molecular formula is C21H13NS2. The van der Waals surface area contributed by atoms with E-state index in [0.717, 1.165) is 0 Å². The second-order valence-corrected chi connectivity index (χ2v) is 8.13. The summed E-state index contributed by atoms with van der Waals surface area (Å²) in [5.41, 5.74) is 7.86. The van der Waals surface area contributed by atoms with Gasteiger partial charge in [-0.15, -0.1) is 22.7 Å². The Hall–Kier alpha value is -2.36. The number of hydrogen-bond donors (Lipinski definition) is 1. The minimum atomic E-state index is -0.177. The highest BCUT2D eigenvalue weighted by atomic mass is 32.1. The molecule has 0 saturated heterocycles. The zero-order valence-corrected chi connectivity index (χ0v) is 14.4. The number of hydrogen-bond acceptors (Lipinski definition) is 3. The maximum atomic E-state index is 3.64. The summed E-state index contributed by atoms with van der Waals surface area (Å²) in [6, 6.07) is 22.2. The molecule has 1 aliphatic carbocycles. The molecule has 3 heteroatoms. The molecule has 2 aromatic heterocycles. The average molecular weight is 343 g/mol. The Labute approximate surface area is 148 Å². The van der Waals surface area contributed by atoms with E-state index in [1.807, 2.05) is 22.7 Å². The van der Waals surface area contributed by atoms with Crippen LogP contribution in [0.15, 0.2) is 71.4 Å². The van der Waals surface area contributed by atoms with E-state index in [2.05, 4.69) is 76.7 Å². The minimum Gasteiger partial charge on any atom is -0.355 e.